The summed E-state index contributed by atoms with van der Waals surface area (Å²) < 4.78 is 4.77. The fraction of sp³-hybridized carbons (Fsp3) is 0.500. The third-order valence-corrected chi connectivity index (χ3v) is 3.56. The van der Waals surface area contributed by atoms with Gasteiger partial charge in [-0.25, -0.2) is 9.67 Å². The Hall–Kier alpha value is -1.21. The number of nitrogens with zero attached hydrogens (tertiary/aromatic N) is 5. The highest BCUT2D eigenvalue weighted by Crippen LogP contribution is 2.21. The van der Waals surface area contributed by atoms with Crippen molar-refractivity contribution >= 4 is 15.9 Å². The SMILES string of the molecule is CCn1nc(C)c(Br)c1Cn1cnc(CN)n1. The predicted molar refractivity (Wildman–Crippen MR) is 67.4 cm³/mol. The first-order valence-corrected chi connectivity index (χ1v) is 6.25. The summed E-state index contributed by atoms with van der Waals surface area (Å²) in [5.41, 5.74) is 7.56. The molecule has 2 rings (SSSR count). The summed E-state index contributed by atoms with van der Waals surface area (Å²) in [5, 5.41) is 8.70. The first kappa shape index (κ1) is 12.3. The molecule has 0 saturated carbocycles. The van der Waals surface area contributed by atoms with Crippen LogP contribution in [-0.4, -0.2) is 24.5 Å². The molecule has 0 unspecified atom stereocenters. The Bertz CT molecular complexity index is 515. The second-order valence-electron chi connectivity index (χ2n) is 3.72. The van der Waals surface area contributed by atoms with E-state index < -0.39 is 0 Å². The van der Waals surface area contributed by atoms with Gasteiger partial charge in [0.2, 0.25) is 0 Å². The molecule has 0 fully saturated rings. The largest absolute Gasteiger partial charge is 0.324 e. The predicted octanol–water partition coefficient (Wildman–Crippen LogP) is 1.07. The second kappa shape index (κ2) is 4.97. The van der Waals surface area contributed by atoms with Gasteiger partial charge in [-0.1, -0.05) is 0 Å². The lowest BCUT2D eigenvalue weighted by atomic mass is 10.3. The van der Waals surface area contributed by atoms with Crippen LogP contribution in [0.4, 0.5) is 0 Å². The molecular weight excluding hydrogens is 284 g/mol. The Kier molecular flexibility index (Phi) is 3.58. The zero-order valence-electron chi connectivity index (χ0n) is 9.89. The number of hydrogen-bond donors (Lipinski definition) is 1. The van der Waals surface area contributed by atoms with Gasteiger partial charge in [0.1, 0.15) is 6.33 Å². The molecule has 0 spiro atoms. The first-order valence-electron chi connectivity index (χ1n) is 5.45. The molecule has 0 aromatic carbocycles. The summed E-state index contributed by atoms with van der Waals surface area (Å²) in [6, 6.07) is 0. The topological polar surface area (TPSA) is 74.5 Å². The normalized spacial score (nSPS) is 11.1. The number of aryl methyl sites for hydroxylation is 2. The van der Waals surface area contributed by atoms with Gasteiger partial charge in [-0.05, 0) is 29.8 Å². The molecule has 2 aromatic rings. The van der Waals surface area contributed by atoms with E-state index in [1.807, 2.05) is 11.6 Å². The van der Waals surface area contributed by atoms with Crippen molar-refractivity contribution in [2.75, 3.05) is 0 Å². The van der Waals surface area contributed by atoms with Crippen molar-refractivity contribution in [1.82, 2.24) is 24.5 Å². The summed E-state index contributed by atoms with van der Waals surface area (Å²) >= 11 is 3.55. The molecule has 0 saturated heterocycles. The Morgan fingerprint density at radius 2 is 2.18 bits per heavy atom. The van der Waals surface area contributed by atoms with E-state index in [9.17, 15) is 0 Å². The molecule has 0 aliphatic carbocycles. The molecule has 2 aromatic heterocycles. The summed E-state index contributed by atoms with van der Waals surface area (Å²) in [7, 11) is 0. The maximum absolute atomic E-state index is 5.48. The Labute approximate surface area is 108 Å². The minimum atomic E-state index is 0.361. The van der Waals surface area contributed by atoms with Crippen molar-refractivity contribution in [3.63, 3.8) is 0 Å². The second-order valence-corrected chi connectivity index (χ2v) is 4.52. The summed E-state index contributed by atoms with van der Waals surface area (Å²) in [5.74, 6) is 0.653. The molecule has 2 heterocycles. The van der Waals surface area contributed by atoms with Crippen LogP contribution in [0.25, 0.3) is 0 Å². The van der Waals surface area contributed by atoms with Crippen molar-refractivity contribution in [2.45, 2.75) is 33.5 Å². The summed E-state index contributed by atoms with van der Waals surface area (Å²) in [6.07, 6.45) is 1.69. The van der Waals surface area contributed by atoms with Gasteiger partial charge in [0.05, 0.1) is 29.0 Å². The van der Waals surface area contributed by atoms with Crippen LogP contribution in [0.2, 0.25) is 0 Å². The first-order chi connectivity index (χ1) is 8.15. The van der Waals surface area contributed by atoms with Crippen molar-refractivity contribution in [1.29, 1.82) is 0 Å². The molecule has 0 amide bonds. The lowest BCUT2D eigenvalue weighted by Crippen LogP contribution is -2.09. The highest BCUT2D eigenvalue weighted by atomic mass is 79.9. The van der Waals surface area contributed by atoms with E-state index in [4.69, 9.17) is 5.73 Å². The average molecular weight is 299 g/mol. The zero-order chi connectivity index (χ0) is 12.4. The van der Waals surface area contributed by atoms with Gasteiger partial charge in [0.25, 0.3) is 0 Å². The molecule has 0 aliphatic heterocycles. The number of rotatable bonds is 4. The third-order valence-electron chi connectivity index (χ3n) is 2.53. The van der Waals surface area contributed by atoms with Crippen LogP contribution in [0.1, 0.15) is 24.1 Å². The molecular formula is C10H15BrN6. The van der Waals surface area contributed by atoms with Crippen LogP contribution in [0.3, 0.4) is 0 Å². The molecule has 7 heteroatoms. The van der Waals surface area contributed by atoms with Crippen molar-refractivity contribution in [3.8, 4) is 0 Å². The highest BCUT2D eigenvalue weighted by Gasteiger charge is 2.13. The van der Waals surface area contributed by atoms with Crippen LogP contribution < -0.4 is 5.73 Å². The van der Waals surface area contributed by atoms with Gasteiger partial charge >= 0.3 is 0 Å². The third kappa shape index (κ3) is 2.39. The maximum Gasteiger partial charge on any atom is 0.164 e. The Balaban J connectivity index is 2.28. The van der Waals surface area contributed by atoms with Gasteiger partial charge < -0.3 is 5.73 Å². The van der Waals surface area contributed by atoms with Crippen LogP contribution in [0.5, 0.6) is 0 Å². The number of hydrogen-bond acceptors (Lipinski definition) is 4. The quantitative estimate of drug-likeness (QED) is 0.916. The number of aromatic nitrogens is 5. The van der Waals surface area contributed by atoms with E-state index in [0.29, 0.717) is 18.9 Å². The molecule has 17 heavy (non-hydrogen) atoms. The van der Waals surface area contributed by atoms with Crippen LogP contribution in [0, 0.1) is 6.92 Å². The van der Waals surface area contributed by atoms with Gasteiger partial charge in [-0.15, -0.1) is 0 Å². The number of nitrogens with two attached hydrogens (primary N) is 1. The van der Waals surface area contributed by atoms with Crippen LogP contribution in [-0.2, 0) is 19.6 Å². The molecule has 0 atom stereocenters. The minimum absolute atomic E-state index is 0.361. The minimum Gasteiger partial charge on any atom is -0.324 e. The monoisotopic (exact) mass is 298 g/mol. The zero-order valence-corrected chi connectivity index (χ0v) is 11.5. The lowest BCUT2D eigenvalue weighted by molar-refractivity contribution is 0.570. The summed E-state index contributed by atoms with van der Waals surface area (Å²) in [4.78, 5) is 4.10. The fourth-order valence-electron chi connectivity index (χ4n) is 1.68. The molecule has 0 bridgehead atoms. The van der Waals surface area contributed by atoms with E-state index in [1.165, 1.54) is 0 Å². The van der Waals surface area contributed by atoms with Crippen LogP contribution in [0.15, 0.2) is 10.8 Å². The van der Waals surface area contributed by atoms with Crippen LogP contribution >= 0.6 is 15.9 Å². The Morgan fingerprint density at radius 1 is 1.41 bits per heavy atom. The standard InChI is InChI=1S/C10H15BrN6/c1-3-17-8(10(11)7(2)14-17)5-16-6-13-9(4-12)15-16/h6H,3-5,12H2,1-2H3. The van der Waals surface area contributed by atoms with E-state index in [1.54, 1.807) is 11.0 Å². The Morgan fingerprint density at radius 3 is 2.76 bits per heavy atom. The van der Waals surface area contributed by atoms with Crippen molar-refractivity contribution in [2.24, 2.45) is 5.73 Å². The van der Waals surface area contributed by atoms with Gasteiger partial charge in [0.15, 0.2) is 5.82 Å². The maximum atomic E-state index is 5.48. The smallest absolute Gasteiger partial charge is 0.164 e. The molecule has 6 nitrogen and oxygen atoms in total. The van der Waals surface area contributed by atoms with Gasteiger partial charge in [0, 0.05) is 6.54 Å². The van der Waals surface area contributed by atoms with E-state index >= 15 is 0 Å². The number of halogens is 1. The van der Waals surface area contributed by atoms with Crippen molar-refractivity contribution < 1.29 is 0 Å². The molecule has 0 radical (unpaired) electrons. The van der Waals surface area contributed by atoms with E-state index in [-0.39, 0.29) is 0 Å². The highest BCUT2D eigenvalue weighted by molar-refractivity contribution is 9.10. The molecule has 2 N–H and O–H groups in total. The van der Waals surface area contributed by atoms with Gasteiger partial charge in [-0.3, -0.25) is 4.68 Å². The van der Waals surface area contributed by atoms with E-state index in [2.05, 4.69) is 38.0 Å². The van der Waals surface area contributed by atoms with Gasteiger partial charge in [-0.2, -0.15) is 10.2 Å². The molecule has 0 aliphatic rings. The van der Waals surface area contributed by atoms with E-state index in [0.717, 1.165) is 22.4 Å². The summed E-state index contributed by atoms with van der Waals surface area (Å²) in [6.45, 7) is 5.88. The lowest BCUT2D eigenvalue weighted by Gasteiger charge is -2.04. The fourth-order valence-corrected chi connectivity index (χ4v) is 2.09. The average Bonchev–Trinajstić information content (AvgIpc) is 2.89. The molecule has 92 valence electrons. The van der Waals surface area contributed by atoms with Crippen molar-refractivity contribution in [3.05, 3.63) is 28.0 Å².